The van der Waals surface area contributed by atoms with Crippen molar-refractivity contribution in [3.8, 4) is 5.75 Å². The average Bonchev–Trinajstić information content (AvgIpc) is 3.09. The zero-order valence-corrected chi connectivity index (χ0v) is 17.2. The van der Waals surface area contributed by atoms with Crippen LogP contribution < -0.4 is 10.1 Å². The maximum Gasteiger partial charge on any atom is 0.234 e. The number of benzene rings is 1. The van der Waals surface area contributed by atoms with E-state index < -0.39 is 0 Å². The fourth-order valence-electron chi connectivity index (χ4n) is 3.88. The second-order valence-electron chi connectivity index (χ2n) is 8.53. The van der Waals surface area contributed by atoms with Gasteiger partial charge >= 0.3 is 0 Å². The van der Waals surface area contributed by atoms with Gasteiger partial charge in [0.05, 0.1) is 13.2 Å². The van der Waals surface area contributed by atoms with Crippen LogP contribution in [0.2, 0.25) is 0 Å². The predicted octanol–water partition coefficient (Wildman–Crippen LogP) is 2.68. The van der Waals surface area contributed by atoms with Crippen molar-refractivity contribution in [3.05, 3.63) is 29.3 Å². The molecule has 2 heterocycles. The molecular weight excluding hydrogens is 338 g/mol. The predicted molar refractivity (Wildman–Crippen MR) is 109 cm³/mol. The molecule has 1 fully saturated rings. The van der Waals surface area contributed by atoms with Gasteiger partial charge in [-0.2, -0.15) is 0 Å². The SMILES string of the molecule is CC(C)CC[C@H](C)NC(=O)CN1CCN(Cc2ccc3c(c2)CCO3)CC1. The number of ether oxygens (including phenoxy) is 1. The minimum Gasteiger partial charge on any atom is -0.493 e. The van der Waals surface area contributed by atoms with Crippen molar-refractivity contribution in [1.82, 2.24) is 15.1 Å². The van der Waals surface area contributed by atoms with Crippen LogP contribution in [0, 0.1) is 5.92 Å². The molecule has 1 atom stereocenters. The molecule has 5 nitrogen and oxygen atoms in total. The first-order valence-electron chi connectivity index (χ1n) is 10.5. The highest BCUT2D eigenvalue weighted by Crippen LogP contribution is 2.26. The smallest absolute Gasteiger partial charge is 0.234 e. The first-order valence-corrected chi connectivity index (χ1v) is 10.5. The molecule has 0 radical (unpaired) electrons. The van der Waals surface area contributed by atoms with Crippen LogP contribution in [-0.4, -0.2) is 61.1 Å². The summed E-state index contributed by atoms with van der Waals surface area (Å²) in [6.45, 7) is 12.8. The molecular formula is C22H35N3O2. The van der Waals surface area contributed by atoms with E-state index in [-0.39, 0.29) is 11.9 Å². The standard InChI is InChI=1S/C22H35N3O2/c1-17(2)4-5-18(3)23-22(26)16-25-11-9-24(10-12-25)15-19-6-7-21-20(14-19)8-13-27-21/h6-7,14,17-18H,4-5,8-13,15-16H2,1-3H3,(H,23,26)/t18-/m0/s1. The van der Waals surface area contributed by atoms with Crippen molar-refractivity contribution in [1.29, 1.82) is 0 Å². The zero-order chi connectivity index (χ0) is 19.2. The Morgan fingerprint density at radius 3 is 2.59 bits per heavy atom. The molecule has 1 aromatic rings. The molecule has 1 N–H and O–H groups in total. The number of rotatable bonds is 8. The lowest BCUT2D eigenvalue weighted by molar-refractivity contribution is -0.123. The zero-order valence-electron chi connectivity index (χ0n) is 17.2. The van der Waals surface area contributed by atoms with Crippen LogP contribution in [0.3, 0.4) is 0 Å². The van der Waals surface area contributed by atoms with Gasteiger partial charge in [-0.15, -0.1) is 0 Å². The largest absolute Gasteiger partial charge is 0.493 e. The summed E-state index contributed by atoms with van der Waals surface area (Å²) < 4.78 is 5.59. The molecule has 3 rings (SSSR count). The van der Waals surface area contributed by atoms with Crippen molar-refractivity contribution in [2.24, 2.45) is 5.92 Å². The molecule has 0 unspecified atom stereocenters. The first-order chi connectivity index (χ1) is 13.0. The molecule has 0 saturated carbocycles. The Labute approximate surface area is 164 Å². The average molecular weight is 374 g/mol. The van der Waals surface area contributed by atoms with Gasteiger partial charge in [-0.05, 0) is 42.9 Å². The van der Waals surface area contributed by atoms with Gasteiger partial charge in [-0.1, -0.05) is 26.0 Å². The quantitative estimate of drug-likeness (QED) is 0.761. The highest BCUT2D eigenvalue weighted by molar-refractivity contribution is 5.78. The Kier molecular flexibility index (Phi) is 7.13. The van der Waals surface area contributed by atoms with Gasteiger partial charge < -0.3 is 10.1 Å². The Hall–Kier alpha value is -1.59. The summed E-state index contributed by atoms with van der Waals surface area (Å²) in [6, 6.07) is 6.85. The van der Waals surface area contributed by atoms with Gasteiger partial charge in [-0.25, -0.2) is 0 Å². The normalized spacial score (nSPS) is 19.0. The molecule has 0 aliphatic carbocycles. The molecule has 2 aliphatic rings. The van der Waals surface area contributed by atoms with Crippen LogP contribution in [0.15, 0.2) is 18.2 Å². The van der Waals surface area contributed by atoms with E-state index in [4.69, 9.17) is 4.74 Å². The summed E-state index contributed by atoms with van der Waals surface area (Å²) in [5, 5.41) is 3.15. The Balaban J connectivity index is 1.37. The lowest BCUT2D eigenvalue weighted by Crippen LogP contribution is -2.50. The Morgan fingerprint density at radius 1 is 1.11 bits per heavy atom. The molecule has 1 amide bonds. The minimum atomic E-state index is 0.165. The maximum atomic E-state index is 12.3. The van der Waals surface area contributed by atoms with Crippen LogP contribution in [0.4, 0.5) is 0 Å². The molecule has 0 bridgehead atoms. The highest BCUT2D eigenvalue weighted by Gasteiger charge is 2.20. The summed E-state index contributed by atoms with van der Waals surface area (Å²) in [4.78, 5) is 17.0. The van der Waals surface area contributed by atoms with Gasteiger partial charge in [0.1, 0.15) is 5.75 Å². The maximum absolute atomic E-state index is 12.3. The monoisotopic (exact) mass is 373 g/mol. The Bertz CT molecular complexity index is 624. The number of nitrogens with one attached hydrogen (secondary N) is 1. The number of hydrogen-bond donors (Lipinski definition) is 1. The molecule has 5 heteroatoms. The summed E-state index contributed by atoms with van der Waals surface area (Å²) in [6.07, 6.45) is 3.25. The van der Waals surface area contributed by atoms with Crippen LogP contribution >= 0.6 is 0 Å². The van der Waals surface area contributed by atoms with Gasteiger partial charge in [-0.3, -0.25) is 14.6 Å². The third-order valence-corrected chi connectivity index (χ3v) is 5.58. The summed E-state index contributed by atoms with van der Waals surface area (Å²) in [7, 11) is 0. The van der Waals surface area contributed by atoms with E-state index in [9.17, 15) is 4.79 Å². The van der Waals surface area contributed by atoms with Gasteiger partial charge in [0, 0.05) is 45.2 Å². The van der Waals surface area contributed by atoms with E-state index in [1.165, 1.54) is 11.1 Å². The molecule has 1 aromatic carbocycles. The highest BCUT2D eigenvalue weighted by atomic mass is 16.5. The van der Waals surface area contributed by atoms with Gasteiger partial charge in [0.15, 0.2) is 0 Å². The van der Waals surface area contributed by atoms with Crippen LogP contribution in [-0.2, 0) is 17.8 Å². The van der Waals surface area contributed by atoms with E-state index in [1.807, 2.05) is 0 Å². The molecule has 2 aliphatic heterocycles. The number of hydrogen-bond acceptors (Lipinski definition) is 4. The number of carbonyl (C=O) groups excluding carboxylic acids is 1. The van der Waals surface area contributed by atoms with Crippen LogP contribution in [0.25, 0.3) is 0 Å². The van der Waals surface area contributed by atoms with Gasteiger partial charge in [0.25, 0.3) is 0 Å². The van der Waals surface area contributed by atoms with Crippen molar-refractivity contribution in [2.75, 3.05) is 39.3 Å². The summed E-state index contributed by atoms with van der Waals surface area (Å²) >= 11 is 0. The van der Waals surface area contributed by atoms with E-state index in [2.05, 4.69) is 54.1 Å². The lowest BCUT2D eigenvalue weighted by atomic mass is 10.0. The summed E-state index contributed by atoms with van der Waals surface area (Å²) in [5.41, 5.74) is 2.71. The summed E-state index contributed by atoms with van der Waals surface area (Å²) in [5.74, 6) is 1.91. The molecule has 150 valence electrons. The van der Waals surface area contributed by atoms with Crippen molar-refractivity contribution in [2.45, 2.75) is 52.6 Å². The van der Waals surface area contributed by atoms with E-state index in [0.717, 1.165) is 64.3 Å². The van der Waals surface area contributed by atoms with E-state index >= 15 is 0 Å². The molecule has 0 spiro atoms. The van der Waals surface area contributed by atoms with Crippen LogP contribution in [0.1, 0.15) is 44.7 Å². The fourth-order valence-corrected chi connectivity index (χ4v) is 3.88. The topological polar surface area (TPSA) is 44.8 Å². The third kappa shape index (κ3) is 6.22. The second kappa shape index (κ2) is 9.56. The number of carbonyl (C=O) groups is 1. The third-order valence-electron chi connectivity index (χ3n) is 5.58. The Morgan fingerprint density at radius 2 is 1.85 bits per heavy atom. The van der Waals surface area contributed by atoms with Crippen molar-refractivity contribution >= 4 is 5.91 Å². The fraction of sp³-hybridized carbons (Fsp3) is 0.682. The van der Waals surface area contributed by atoms with Crippen LogP contribution in [0.5, 0.6) is 5.75 Å². The van der Waals surface area contributed by atoms with Crippen molar-refractivity contribution < 1.29 is 9.53 Å². The molecule has 0 aromatic heterocycles. The molecule has 27 heavy (non-hydrogen) atoms. The molecule has 1 saturated heterocycles. The van der Waals surface area contributed by atoms with Crippen molar-refractivity contribution in [3.63, 3.8) is 0 Å². The lowest BCUT2D eigenvalue weighted by Gasteiger charge is -2.34. The first kappa shape index (κ1) is 20.2. The number of fused-ring (bicyclic) bond motifs is 1. The van der Waals surface area contributed by atoms with E-state index in [1.54, 1.807) is 0 Å². The van der Waals surface area contributed by atoms with E-state index in [0.29, 0.717) is 12.5 Å². The number of piperazine rings is 1. The minimum absolute atomic E-state index is 0.165. The number of amides is 1. The number of nitrogens with zero attached hydrogens (tertiary/aromatic N) is 2. The second-order valence-corrected chi connectivity index (χ2v) is 8.53. The van der Waals surface area contributed by atoms with Gasteiger partial charge in [0.2, 0.25) is 5.91 Å².